The van der Waals surface area contributed by atoms with Crippen LogP contribution >= 0.6 is 23.2 Å². The smallest absolute Gasteiger partial charge is 0.149 e. The van der Waals surface area contributed by atoms with Crippen molar-refractivity contribution >= 4 is 34.1 Å². The number of nitrogens with zero attached hydrogens (tertiary/aromatic N) is 1. The summed E-state index contributed by atoms with van der Waals surface area (Å²) in [4.78, 5) is 6.86. The minimum absolute atomic E-state index is 0.335. The summed E-state index contributed by atoms with van der Waals surface area (Å²) < 4.78 is 0. The van der Waals surface area contributed by atoms with E-state index in [-0.39, 0.29) is 0 Å². The lowest BCUT2D eigenvalue weighted by atomic mass is 10.3. The van der Waals surface area contributed by atoms with Gasteiger partial charge in [-0.15, -0.1) is 0 Å². The molecule has 4 heteroatoms. The molecule has 0 unspecified atom stereocenters. The summed E-state index contributed by atoms with van der Waals surface area (Å²) in [5, 5.41) is 1.79. The summed E-state index contributed by atoms with van der Waals surface area (Å²) in [6, 6.07) is 1.89. The molecule has 0 amide bonds. The van der Waals surface area contributed by atoms with E-state index in [2.05, 4.69) is 9.97 Å². The summed E-state index contributed by atoms with van der Waals surface area (Å²) in [5.74, 6) is 0. The Labute approximate surface area is 73.1 Å². The SMILES string of the molecule is Clc1ncc2cc[nH]c2c1Cl. The quantitative estimate of drug-likeness (QED) is 0.631. The fourth-order valence-corrected chi connectivity index (χ4v) is 1.32. The highest BCUT2D eigenvalue weighted by Gasteiger charge is 2.04. The predicted octanol–water partition coefficient (Wildman–Crippen LogP) is 2.87. The van der Waals surface area contributed by atoms with Crippen LogP contribution in [0.5, 0.6) is 0 Å². The van der Waals surface area contributed by atoms with E-state index in [4.69, 9.17) is 23.2 Å². The molecule has 0 aliphatic heterocycles. The van der Waals surface area contributed by atoms with Gasteiger partial charge < -0.3 is 4.98 Å². The lowest BCUT2D eigenvalue weighted by Crippen LogP contribution is -1.77. The molecule has 0 saturated carbocycles. The van der Waals surface area contributed by atoms with Gasteiger partial charge in [-0.2, -0.15) is 0 Å². The second-order valence-corrected chi connectivity index (χ2v) is 2.91. The number of aromatic amines is 1. The third-order valence-electron chi connectivity index (χ3n) is 1.50. The highest BCUT2D eigenvalue weighted by Crippen LogP contribution is 2.26. The van der Waals surface area contributed by atoms with Crippen LogP contribution in [0.3, 0.4) is 0 Å². The molecule has 2 nitrogen and oxygen atoms in total. The number of pyridine rings is 1. The molecule has 2 heterocycles. The fraction of sp³-hybridized carbons (Fsp3) is 0. The zero-order valence-electron chi connectivity index (χ0n) is 5.44. The molecule has 0 bridgehead atoms. The zero-order chi connectivity index (χ0) is 7.84. The maximum Gasteiger partial charge on any atom is 0.149 e. The van der Waals surface area contributed by atoms with Crippen LogP contribution in [0.2, 0.25) is 10.2 Å². The lowest BCUT2D eigenvalue weighted by Gasteiger charge is -1.94. The number of aromatic nitrogens is 2. The van der Waals surface area contributed by atoms with Gasteiger partial charge in [0.25, 0.3) is 0 Å². The first-order chi connectivity index (χ1) is 5.29. The summed E-state index contributed by atoms with van der Waals surface area (Å²) in [7, 11) is 0. The average Bonchev–Trinajstić information content (AvgIpc) is 2.45. The van der Waals surface area contributed by atoms with E-state index in [0.717, 1.165) is 10.9 Å². The summed E-state index contributed by atoms with van der Waals surface area (Å²) in [6.07, 6.45) is 3.48. The third kappa shape index (κ3) is 0.988. The molecule has 0 aliphatic rings. The zero-order valence-corrected chi connectivity index (χ0v) is 6.95. The minimum Gasteiger partial charge on any atom is -0.360 e. The van der Waals surface area contributed by atoms with E-state index in [1.165, 1.54) is 0 Å². The number of H-pyrrole nitrogens is 1. The van der Waals surface area contributed by atoms with Crippen molar-refractivity contribution in [2.24, 2.45) is 0 Å². The van der Waals surface area contributed by atoms with E-state index in [0.29, 0.717) is 10.2 Å². The molecule has 1 N–H and O–H groups in total. The van der Waals surface area contributed by atoms with Crippen molar-refractivity contribution in [2.75, 3.05) is 0 Å². The van der Waals surface area contributed by atoms with Crippen LogP contribution in [-0.2, 0) is 0 Å². The topological polar surface area (TPSA) is 28.7 Å². The molecule has 2 aromatic heterocycles. The van der Waals surface area contributed by atoms with Gasteiger partial charge in [-0.3, -0.25) is 0 Å². The second kappa shape index (κ2) is 2.40. The Balaban J connectivity index is 2.93. The summed E-state index contributed by atoms with van der Waals surface area (Å²) in [5.41, 5.74) is 0.840. The first-order valence-corrected chi connectivity index (χ1v) is 3.82. The van der Waals surface area contributed by atoms with E-state index in [1.807, 2.05) is 6.07 Å². The van der Waals surface area contributed by atoms with Crippen LogP contribution < -0.4 is 0 Å². The molecule has 0 atom stereocenters. The third-order valence-corrected chi connectivity index (χ3v) is 2.25. The van der Waals surface area contributed by atoms with Gasteiger partial charge in [0.2, 0.25) is 0 Å². The van der Waals surface area contributed by atoms with Crippen molar-refractivity contribution in [3.05, 3.63) is 28.6 Å². The van der Waals surface area contributed by atoms with Crippen molar-refractivity contribution in [3.8, 4) is 0 Å². The average molecular weight is 187 g/mol. The number of fused-ring (bicyclic) bond motifs is 1. The van der Waals surface area contributed by atoms with Crippen molar-refractivity contribution < 1.29 is 0 Å². The van der Waals surface area contributed by atoms with Crippen molar-refractivity contribution in [1.82, 2.24) is 9.97 Å². The molecule has 0 spiro atoms. The maximum atomic E-state index is 5.84. The van der Waals surface area contributed by atoms with E-state index in [1.54, 1.807) is 12.4 Å². The predicted molar refractivity (Wildman–Crippen MR) is 46.1 cm³/mol. The van der Waals surface area contributed by atoms with Gasteiger partial charge in [0.15, 0.2) is 0 Å². The van der Waals surface area contributed by atoms with Crippen molar-refractivity contribution in [1.29, 1.82) is 0 Å². The molecule has 0 fully saturated rings. The Morgan fingerprint density at radius 1 is 1.36 bits per heavy atom. The van der Waals surface area contributed by atoms with Crippen molar-refractivity contribution in [3.63, 3.8) is 0 Å². The minimum atomic E-state index is 0.335. The van der Waals surface area contributed by atoms with Crippen LogP contribution in [-0.4, -0.2) is 9.97 Å². The van der Waals surface area contributed by atoms with Gasteiger partial charge in [-0.25, -0.2) is 4.98 Å². The molecule has 0 saturated heterocycles. The van der Waals surface area contributed by atoms with E-state index < -0.39 is 0 Å². The first kappa shape index (κ1) is 6.95. The standard InChI is InChI=1S/C7H4Cl2N2/c8-5-6-4(1-2-10-6)3-11-7(5)9/h1-3,10H. The molecule has 0 aliphatic carbocycles. The number of halogens is 2. The molecular formula is C7H4Cl2N2. The number of hydrogen-bond acceptors (Lipinski definition) is 1. The molecule has 2 aromatic rings. The van der Waals surface area contributed by atoms with Gasteiger partial charge in [-0.1, -0.05) is 23.2 Å². The van der Waals surface area contributed by atoms with E-state index >= 15 is 0 Å². The number of nitrogens with one attached hydrogen (secondary N) is 1. The van der Waals surface area contributed by atoms with E-state index in [9.17, 15) is 0 Å². The first-order valence-electron chi connectivity index (χ1n) is 3.06. The largest absolute Gasteiger partial charge is 0.360 e. The molecule has 2 rings (SSSR count). The van der Waals surface area contributed by atoms with Crippen molar-refractivity contribution in [2.45, 2.75) is 0 Å². The Kier molecular flexibility index (Phi) is 1.51. The highest BCUT2D eigenvalue weighted by molar-refractivity contribution is 6.44. The summed E-state index contributed by atoms with van der Waals surface area (Å²) in [6.45, 7) is 0. The van der Waals surface area contributed by atoms with Crippen LogP contribution in [0.15, 0.2) is 18.5 Å². The van der Waals surface area contributed by atoms with Gasteiger partial charge >= 0.3 is 0 Å². The molecular weight excluding hydrogens is 183 g/mol. The number of hydrogen-bond donors (Lipinski definition) is 1. The molecule has 0 aromatic carbocycles. The Morgan fingerprint density at radius 3 is 3.00 bits per heavy atom. The van der Waals surface area contributed by atoms with Crippen LogP contribution in [0, 0.1) is 0 Å². The normalized spacial score (nSPS) is 10.7. The highest BCUT2D eigenvalue weighted by atomic mass is 35.5. The van der Waals surface area contributed by atoms with Crippen LogP contribution in [0.4, 0.5) is 0 Å². The monoisotopic (exact) mass is 186 g/mol. The lowest BCUT2D eigenvalue weighted by molar-refractivity contribution is 1.35. The molecule has 11 heavy (non-hydrogen) atoms. The number of rotatable bonds is 0. The van der Waals surface area contributed by atoms with Crippen LogP contribution in [0.25, 0.3) is 10.9 Å². The molecule has 56 valence electrons. The Morgan fingerprint density at radius 2 is 2.18 bits per heavy atom. The molecule has 0 radical (unpaired) electrons. The van der Waals surface area contributed by atoms with Gasteiger partial charge in [0.1, 0.15) is 10.2 Å². The maximum absolute atomic E-state index is 5.84. The second-order valence-electron chi connectivity index (χ2n) is 2.17. The Bertz CT molecular complexity index is 394. The van der Waals surface area contributed by atoms with Gasteiger partial charge in [0.05, 0.1) is 5.52 Å². The van der Waals surface area contributed by atoms with Gasteiger partial charge in [-0.05, 0) is 6.07 Å². The summed E-state index contributed by atoms with van der Waals surface area (Å²) >= 11 is 11.5. The van der Waals surface area contributed by atoms with Gasteiger partial charge in [0, 0.05) is 17.8 Å². The Hall–Kier alpha value is -0.730. The fourth-order valence-electron chi connectivity index (χ4n) is 0.965. The van der Waals surface area contributed by atoms with Crippen LogP contribution in [0.1, 0.15) is 0 Å².